The lowest BCUT2D eigenvalue weighted by molar-refractivity contribution is -0.150. The molecular formula is C15H23N3O3. The van der Waals surface area contributed by atoms with Gasteiger partial charge in [0.25, 0.3) is 0 Å². The molecule has 2 heterocycles. The second-order valence-electron chi connectivity index (χ2n) is 5.79. The molecule has 1 aromatic heterocycles. The Hall–Kier alpha value is -1.85. The van der Waals surface area contributed by atoms with E-state index in [1.54, 1.807) is 12.3 Å². The molecule has 1 fully saturated rings. The summed E-state index contributed by atoms with van der Waals surface area (Å²) in [6.45, 7) is 7.16. The summed E-state index contributed by atoms with van der Waals surface area (Å²) < 4.78 is 5.57. The lowest BCUT2D eigenvalue weighted by Crippen LogP contribution is -2.44. The third-order valence-electron chi connectivity index (χ3n) is 4.11. The van der Waals surface area contributed by atoms with Gasteiger partial charge in [-0.3, -0.25) is 4.79 Å². The van der Waals surface area contributed by atoms with Gasteiger partial charge in [-0.05, 0) is 33.1 Å². The molecule has 0 bridgehead atoms. The molecule has 1 aliphatic rings. The van der Waals surface area contributed by atoms with Crippen molar-refractivity contribution in [2.45, 2.75) is 46.1 Å². The normalized spacial score (nSPS) is 17.8. The van der Waals surface area contributed by atoms with Crippen molar-refractivity contribution in [3.63, 3.8) is 0 Å². The number of aliphatic carboxylic acids is 1. The van der Waals surface area contributed by atoms with Crippen molar-refractivity contribution in [1.82, 2.24) is 9.97 Å². The highest BCUT2D eigenvalue weighted by molar-refractivity contribution is 5.75. The van der Waals surface area contributed by atoms with Crippen molar-refractivity contribution in [3.05, 3.63) is 12.3 Å². The van der Waals surface area contributed by atoms with E-state index in [9.17, 15) is 9.90 Å². The van der Waals surface area contributed by atoms with Crippen molar-refractivity contribution in [3.8, 4) is 5.88 Å². The Bertz CT molecular complexity index is 497. The van der Waals surface area contributed by atoms with E-state index in [0.29, 0.717) is 44.2 Å². The third-order valence-corrected chi connectivity index (χ3v) is 4.11. The van der Waals surface area contributed by atoms with Gasteiger partial charge in [-0.15, -0.1) is 0 Å². The fraction of sp³-hybridized carbons (Fsp3) is 0.667. The standard InChI is InChI=1S/C15H23N3O3/c1-4-15(13(19)20)6-9-18(10-7-15)14-16-8-5-12(17-14)21-11(2)3/h5,8,11H,4,6-7,9-10H2,1-3H3,(H,19,20). The van der Waals surface area contributed by atoms with E-state index >= 15 is 0 Å². The molecule has 0 radical (unpaired) electrons. The Kier molecular flexibility index (Phi) is 4.65. The molecule has 1 aliphatic heterocycles. The van der Waals surface area contributed by atoms with Gasteiger partial charge in [-0.1, -0.05) is 6.92 Å². The summed E-state index contributed by atoms with van der Waals surface area (Å²) in [5.41, 5.74) is -0.595. The number of piperidine rings is 1. The van der Waals surface area contributed by atoms with Crippen molar-refractivity contribution < 1.29 is 14.6 Å². The summed E-state index contributed by atoms with van der Waals surface area (Å²) in [6.07, 6.45) is 3.65. The van der Waals surface area contributed by atoms with Gasteiger partial charge in [0.2, 0.25) is 11.8 Å². The van der Waals surface area contributed by atoms with E-state index in [0.717, 1.165) is 0 Å². The van der Waals surface area contributed by atoms with Crippen LogP contribution in [0.4, 0.5) is 5.95 Å². The summed E-state index contributed by atoms with van der Waals surface area (Å²) >= 11 is 0. The molecule has 2 rings (SSSR count). The first kappa shape index (κ1) is 15.5. The molecule has 6 nitrogen and oxygen atoms in total. The molecule has 0 saturated carbocycles. The predicted molar refractivity (Wildman–Crippen MR) is 79.6 cm³/mol. The third kappa shape index (κ3) is 3.43. The van der Waals surface area contributed by atoms with Crippen LogP contribution in [0, 0.1) is 5.41 Å². The number of hydrogen-bond donors (Lipinski definition) is 1. The minimum atomic E-state index is -0.692. The van der Waals surface area contributed by atoms with Crippen LogP contribution < -0.4 is 9.64 Å². The van der Waals surface area contributed by atoms with E-state index < -0.39 is 11.4 Å². The minimum absolute atomic E-state index is 0.0638. The Morgan fingerprint density at radius 2 is 2.14 bits per heavy atom. The van der Waals surface area contributed by atoms with Crippen LogP contribution in [0.25, 0.3) is 0 Å². The Morgan fingerprint density at radius 1 is 1.48 bits per heavy atom. The quantitative estimate of drug-likeness (QED) is 0.898. The molecule has 0 aliphatic carbocycles. The molecule has 6 heteroatoms. The summed E-state index contributed by atoms with van der Waals surface area (Å²) in [7, 11) is 0. The van der Waals surface area contributed by atoms with Crippen LogP contribution in [0.3, 0.4) is 0 Å². The van der Waals surface area contributed by atoms with Crippen LogP contribution in [0.15, 0.2) is 12.3 Å². The second kappa shape index (κ2) is 6.28. The molecule has 0 atom stereocenters. The first-order chi connectivity index (χ1) is 9.97. The van der Waals surface area contributed by atoms with Gasteiger partial charge in [0, 0.05) is 25.4 Å². The van der Waals surface area contributed by atoms with E-state index in [1.807, 2.05) is 25.7 Å². The van der Waals surface area contributed by atoms with Crippen molar-refractivity contribution in [1.29, 1.82) is 0 Å². The highest BCUT2D eigenvalue weighted by atomic mass is 16.5. The summed E-state index contributed by atoms with van der Waals surface area (Å²) in [6, 6.07) is 1.74. The Morgan fingerprint density at radius 3 is 2.67 bits per heavy atom. The minimum Gasteiger partial charge on any atom is -0.481 e. The number of carboxylic acid groups (broad SMARTS) is 1. The first-order valence-electron chi connectivity index (χ1n) is 7.45. The summed E-state index contributed by atoms with van der Waals surface area (Å²) in [5, 5.41) is 9.42. The average molecular weight is 293 g/mol. The van der Waals surface area contributed by atoms with Crippen molar-refractivity contribution in [2.24, 2.45) is 5.41 Å². The van der Waals surface area contributed by atoms with Crippen LogP contribution in [0.5, 0.6) is 5.88 Å². The van der Waals surface area contributed by atoms with E-state index in [2.05, 4.69) is 9.97 Å². The largest absolute Gasteiger partial charge is 0.481 e. The van der Waals surface area contributed by atoms with Gasteiger partial charge >= 0.3 is 5.97 Å². The summed E-state index contributed by atoms with van der Waals surface area (Å²) in [5.74, 6) is 0.478. The molecule has 0 spiro atoms. The highest BCUT2D eigenvalue weighted by Crippen LogP contribution is 2.36. The lowest BCUT2D eigenvalue weighted by atomic mass is 9.76. The number of carbonyl (C=O) groups is 1. The first-order valence-corrected chi connectivity index (χ1v) is 7.45. The van der Waals surface area contributed by atoms with Gasteiger partial charge in [0.1, 0.15) is 0 Å². The number of hydrogen-bond acceptors (Lipinski definition) is 5. The fourth-order valence-corrected chi connectivity index (χ4v) is 2.65. The predicted octanol–water partition coefficient (Wildman–Crippen LogP) is 2.35. The number of carboxylic acids is 1. The maximum atomic E-state index is 11.5. The molecule has 0 aromatic carbocycles. The van der Waals surface area contributed by atoms with Crippen LogP contribution in [0.2, 0.25) is 0 Å². The molecule has 0 amide bonds. The lowest BCUT2D eigenvalue weighted by Gasteiger charge is -2.38. The van der Waals surface area contributed by atoms with Crippen molar-refractivity contribution >= 4 is 11.9 Å². The maximum Gasteiger partial charge on any atom is 0.309 e. The SMILES string of the molecule is CCC1(C(=O)O)CCN(c2nccc(OC(C)C)n2)CC1. The zero-order valence-corrected chi connectivity index (χ0v) is 12.9. The van der Waals surface area contributed by atoms with Crippen LogP contribution >= 0.6 is 0 Å². The van der Waals surface area contributed by atoms with Crippen LogP contribution in [-0.2, 0) is 4.79 Å². The van der Waals surface area contributed by atoms with Gasteiger partial charge < -0.3 is 14.7 Å². The molecule has 116 valence electrons. The molecule has 1 N–H and O–H groups in total. The van der Waals surface area contributed by atoms with Gasteiger partial charge in [-0.2, -0.15) is 4.98 Å². The number of rotatable bonds is 5. The monoisotopic (exact) mass is 293 g/mol. The van der Waals surface area contributed by atoms with Crippen molar-refractivity contribution in [2.75, 3.05) is 18.0 Å². The smallest absolute Gasteiger partial charge is 0.309 e. The Balaban J connectivity index is 2.07. The van der Waals surface area contributed by atoms with E-state index in [4.69, 9.17) is 4.74 Å². The van der Waals surface area contributed by atoms with Gasteiger partial charge in [-0.25, -0.2) is 4.98 Å². The molecular weight excluding hydrogens is 270 g/mol. The maximum absolute atomic E-state index is 11.5. The molecule has 1 saturated heterocycles. The summed E-state index contributed by atoms with van der Waals surface area (Å²) in [4.78, 5) is 22.2. The zero-order chi connectivity index (χ0) is 15.5. The van der Waals surface area contributed by atoms with E-state index in [1.165, 1.54) is 0 Å². The molecule has 21 heavy (non-hydrogen) atoms. The average Bonchev–Trinajstić information content (AvgIpc) is 2.46. The topological polar surface area (TPSA) is 75.5 Å². The number of nitrogens with zero attached hydrogens (tertiary/aromatic N) is 3. The molecule has 0 unspecified atom stereocenters. The van der Waals surface area contributed by atoms with Crippen LogP contribution in [0.1, 0.15) is 40.0 Å². The van der Waals surface area contributed by atoms with E-state index in [-0.39, 0.29) is 6.10 Å². The zero-order valence-electron chi connectivity index (χ0n) is 12.9. The number of anilines is 1. The number of aromatic nitrogens is 2. The second-order valence-corrected chi connectivity index (χ2v) is 5.79. The van der Waals surface area contributed by atoms with Gasteiger partial charge in [0.05, 0.1) is 11.5 Å². The Labute approximate surface area is 125 Å². The van der Waals surface area contributed by atoms with Gasteiger partial charge in [0.15, 0.2) is 0 Å². The fourth-order valence-electron chi connectivity index (χ4n) is 2.65. The van der Waals surface area contributed by atoms with Crippen LogP contribution in [-0.4, -0.2) is 40.2 Å². The number of ether oxygens (including phenoxy) is 1. The highest BCUT2D eigenvalue weighted by Gasteiger charge is 2.40. The molecule has 1 aromatic rings.